The van der Waals surface area contributed by atoms with E-state index >= 15 is 0 Å². The van der Waals surface area contributed by atoms with Crippen LogP contribution in [0.25, 0.3) is 0 Å². The van der Waals surface area contributed by atoms with Crippen molar-refractivity contribution >= 4 is 23.4 Å². The normalized spacial score (nSPS) is 10.8. The monoisotopic (exact) mass is 305 g/mol. The van der Waals surface area contributed by atoms with Gasteiger partial charge in [0.1, 0.15) is 0 Å². The Morgan fingerprint density at radius 2 is 1.85 bits per heavy atom. The van der Waals surface area contributed by atoms with Crippen LogP contribution in [0.5, 0.6) is 0 Å². The summed E-state index contributed by atoms with van der Waals surface area (Å²) in [7, 11) is 0. The molecule has 0 heterocycles. The molecule has 0 aliphatic heterocycles. The van der Waals surface area contributed by atoms with Crippen LogP contribution in [0.4, 0.5) is 0 Å². The number of halogens is 1. The van der Waals surface area contributed by atoms with Gasteiger partial charge in [0.25, 0.3) is 0 Å². The Morgan fingerprint density at radius 1 is 1.10 bits per heavy atom. The van der Waals surface area contributed by atoms with Gasteiger partial charge in [-0.2, -0.15) is 0 Å². The summed E-state index contributed by atoms with van der Waals surface area (Å²) in [6.07, 6.45) is 0. The van der Waals surface area contributed by atoms with E-state index in [0.29, 0.717) is 0 Å². The minimum Gasteiger partial charge on any atom is -0.313 e. The van der Waals surface area contributed by atoms with E-state index in [9.17, 15) is 0 Å². The second-order valence-corrected chi connectivity index (χ2v) is 6.26. The molecule has 2 rings (SSSR count). The summed E-state index contributed by atoms with van der Waals surface area (Å²) in [6, 6.07) is 14.8. The zero-order valence-electron chi connectivity index (χ0n) is 11.9. The molecule has 0 spiro atoms. The maximum atomic E-state index is 5.91. The van der Waals surface area contributed by atoms with Crippen LogP contribution < -0.4 is 5.32 Å². The largest absolute Gasteiger partial charge is 0.313 e. The van der Waals surface area contributed by atoms with Gasteiger partial charge >= 0.3 is 0 Å². The van der Waals surface area contributed by atoms with Gasteiger partial charge in [-0.3, -0.25) is 0 Å². The third-order valence-corrected chi connectivity index (χ3v) is 4.53. The van der Waals surface area contributed by atoms with Crippen LogP contribution in [0.3, 0.4) is 0 Å². The van der Waals surface area contributed by atoms with Crippen molar-refractivity contribution in [3.05, 3.63) is 64.2 Å². The van der Waals surface area contributed by atoms with Crippen molar-refractivity contribution in [2.75, 3.05) is 6.54 Å². The maximum absolute atomic E-state index is 5.91. The second-order valence-electron chi connectivity index (χ2n) is 4.81. The van der Waals surface area contributed by atoms with Gasteiger partial charge in [-0.15, -0.1) is 11.8 Å². The summed E-state index contributed by atoms with van der Waals surface area (Å²) < 4.78 is 0. The molecule has 0 atom stereocenters. The molecule has 0 amide bonds. The molecule has 1 nitrogen and oxygen atoms in total. The number of aryl methyl sites for hydroxylation is 1. The molecule has 0 unspecified atom stereocenters. The third kappa shape index (κ3) is 4.55. The molecule has 106 valence electrons. The second kappa shape index (κ2) is 7.72. The zero-order valence-corrected chi connectivity index (χ0v) is 13.5. The van der Waals surface area contributed by atoms with Gasteiger partial charge in [0.15, 0.2) is 0 Å². The summed E-state index contributed by atoms with van der Waals surface area (Å²) >= 11 is 7.80. The van der Waals surface area contributed by atoms with E-state index in [1.54, 1.807) is 0 Å². The number of rotatable bonds is 6. The highest BCUT2D eigenvalue weighted by atomic mass is 35.5. The Hall–Kier alpha value is -0.960. The van der Waals surface area contributed by atoms with Crippen molar-refractivity contribution in [1.82, 2.24) is 5.32 Å². The number of thioether (sulfide) groups is 1. The average molecular weight is 306 g/mol. The van der Waals surface area contributed by atoms with Crippen molar-refractivity contribution < 1.29 is 0 Å². The number of hydrogen-bond donors (Lipinski definition) is 1. The van der Waals surface area contributed by atoms with Crippen LogP contribution in [0.1, 0.15) is 23.6 Å². The van der Waals surface area contributed by atoms with Gasteiger partial charge in [0, 0.05) is 22.2 Å². The van der Waals surface area contributed by atoms with E-state index in [-0.39, 0.29) is 0 Å². The predicted molar refractivity (Wildman–Crippen MR) is 89.6 cm³/mol. The van der Waals surface area contributed by atoms with Crippen LogP contribution >= 0.6 is 23.4 Å². The lowest BCUT2D eigenvalue weighted by Crippen LogP contribution is -2.12. The predicted octanol–water partition coefficient (Wildman–Crippen LogP) is 5.05. The summed E-state index contributed by atoms with van der Waals surface area (Å²) in [5.74, 6) is 0.972. The highest BCUT2D eigenvalue weighted by Gasteiger charge is 2.04. The minimum atomic E-state index is 0.793. The van der Waals surface area contributed by atoms with Gasteiger partial charge in [-0.25, -0.2) is 0 Å². The van der Waals surface area contributed by atoms with E-state index in [4.69, 9.17) is 11.6 Å². The molecule has 0 saturated heterocycles. The molecule has 1 N–H and O–H groups in total. The SMILES string of the molecule is CCNCc1cc(C)ccc1SCc1ccc(Cl)cc1. The molecular formula is C17H20ClNS. The van der Waals surface area contributed by atoms with Gasteiger partial charge in [0.2, 0.25) is 0 Å². The molecule has 2 aromatic rings. The smallest absolute Gasteiger partial charge is 0.0406 e. The molecule has 0 aliphatic carbocycles. The molecule has 2 aromatic carbocycles. The molecule has 0 fully saturated rings. The Labute approximate surface area is 130 Å². The summed E-state index contributed by atoms with van der Waals surface area (Å²) in [4.78, 5) is 1.35. The topological polar surface area (TPSA) is 12.0 Å². The van der Waals surface area contributed by atoms with E-state index < -0.39 is 0 Å². The van der Waals surface area contributed by atoms with Crippen LogP contribution in [-0.2, 0) is 12.3 Å². The standard InChI is InChI=1S/C17H20ClNS/c1-3-19-11-15-10-13(2)4-9-17(15)20-12-14-5-7-16(18)8-6-14/h4-10,19H,3,11-12H2,1-2H3. The van der Waals surface area contributed by atoms with Crippen LogP contribution in [0.2, 0.25) is 5.02 Å². The molecule has 0 aliphatic rings. The molecule has 0 saturated carbocycles. The van der Waals surface area contributed by atoms with Gasteiger partial charge in [-0.05, 0) is 42.8 Å². The van der Waals surface area contributed by atoms with Gasteiger partial charge < -0.3 is 5.32 Å². The fourth-order valence-electron chi connectivity index (χ4n) is 1.99. The summed E-state index contributed by atoms with van der Waals surface area (Å²) in [6.45, 7) is 6.20. The zero-order chi connectivity index (χ0) is 14.4. The lowest BCUT2D eigenvalue weighted by atomic mass is 10.1. The Balaban J connectivity index is 2.06. The Bertz CT molecular complexity index is 551. The van der Waals surface area contributed by atoms with Crippen molar-refractivity contribution in [3.8, 4) is 0 Å². The number of hydrogen-bond acceptors (Lipinski definition) is 2. The highest BCUT2D eigenvalue weighted by molar-refractivity contribution is 7.98. The fraction of sp³-hybridized carbons (Fsp3) is 0.294. The Morgan fingerprint density at radius 3 is 2.55 bits per heavy atom. The van der Waals surface area contributed by atoms with Crippen molar-refractivity contribution in [2.45, 2.75) is 31.0 Å². The fourth-order valence-corrected chi connectivity index (χ4v) is 3.11. The number of nitrogens with one attached hydrogen (secondary N) is 1. The van der Waals surface area contributed by atoms with E-state index in [1.165, 1.54) is 21.6 Å². The molecule has 0 aromatic heterocycles. The van der Waals surface area contributed by atoms with E-state index in [2.05, 4.69) is 49.5 Å². The molecule has 0 bridgehead atoms. The first-order chi connectivity index (χ1) is 9.69. The van der Waals surface area contributed by atoms with E-state index in [1.807, 2.05) is 23.9 Å². The molecule has 20 heavy (non-hydrogen) atoms. The van der Waals surface area contributed by atoms with Crippen LogP contribution in [0.15, 0.2) is 47.4 Å². The Kier molecular flexibility index (Phi) is 5.96. The average Bonchev–Trinajstić information content (AvgIpc) is 2.46. The summed E-state index contributed by atoms with van der Waals surface area (Å²) in [5.41, 5.74) is 3.99. The van der Waals surface area contributed by atoms with Gasteiger partial charge in [-0.1, -0.05) is 48.4 Å². The van der Waals surface area contributed by atoms with E-state index in [0.717, 1.165) is 23.9 Å². The van der Waals surface area contributed by atoms with Crippen molar-refractivity contribution in [1.29, 1.82) is 0 Å². The molecular weight excluding hydrogens is 286 g/mol. The lowest BCUT2D eigenvalue weighted by Gasteiger charge is -2.11. The lowest BCUT2D eigenvalue weighted by molar-refractivity contribution is 0.717. The highest BCUT2D eigenvalue weighted by Crippen LogP contribution is 2.27. The van der Waals surface area contributed by atoms with Crippen LogP contribution in [-0.4, -0.2) is 6.54 Å². The number of benzene rings is 2. The molecule has 3 heteroatoms. The first kappa shape index (κ1) is 15.4. The minimum absolute atomic E-state index is 0.793. The van der Waals surface area contributed by atoms with Crippen molar-refractivity contribution in [3.63, 3.8) is 0 Å². The maximum Gasteiger partial charge on any atom is 0.0406 e. The van der Waals surface area contributed by atoms with Crippen LogP contribution in [0, 0.1) is 6.92 Å². The van der Waals surface area contributed by atoms with Gasteiger partial charge in [0.05, 0.1) is 0 Å². The van der Waals surface area contributed by atoms with Crippen molar-refractivity contribution in [2.24, 2.45) is 0 Å². The summed E-state index contributed by atoms with van der Waals surface area (Å²) in [5, 5.41) is 4.20. The first-order valence-electron chi connectivity index (χ1n) is 6.86. The molecule has 0 radical (unpaired) electrons. The first-order valence-corrected chi connectivity index (χ1v) is 8.23. The third-order valence-electron chi connectivity index (χ3n) is 3.09. The quantitative estimate of drug-likeness (QED) is 0.749.